The quantitative estimate of drug-likeness (QED) is 0.698. The summed E-state index contributed by atoms with van der Waals surface area (Å²) in [5.41, 5.74) is 6.50. The maximum absolute atomic E-state index is 12.9. The van der Waals surface area contributed by atoms with Crippen LogP contribution in [0.4, 0.5) is 4.79 Å². The number of fused-ring (bicyclic) bond motifs is 2. The molecule has 1 fully saturated rings. The predicted molar refractivity (Wildman–Crippen MR) is 113 cm³/mol. The third-order valence-electron chi connectivity index (χ3n) is 6.04. The Bertz CT molecular complexity index is 965. The zero-order valence-corrected chi connectivity index (χ0v) is 17.0. The SMILES string of the molecule is Cc1cc(C#N)cc(C)c1C1=CC2CCCC(C1)N2C(=O)OCc1ccccc1. The fourth-order valence-corrected chi connectivity index (χ4v) is 4.83. The highest BCUT2D eigenvalue weighted by atomic mass is 16.6. The fourth-order valence-electron chi connectivity index (χ4n) is 4.83. The van der Waals surface area contributed by atoms with Crippen molar-refractivity contribution in [3.63, 3.8) is 0 Å². The van der Waals surface area contributed by atoms with Gasteiger partial charge in [-0.25, -0.2) is 4.79 Å². The lowest BCUT2D eigenvalue weighted by molar-refractivity contribution is 0.0510. The highest BCUT2D eigenvalue weighted by Gasteiger charge is 2.38. The molecule has 2 aliphatic rings. The van der Waals surface area contributed by atoms with E-state index in [-0.39, 0.29) is 18.2 Å². The number of aryl methyl sites for hydroxylation is 2. The maximum atomic E-state index is 12.9. The number of nitriles is 1. The van der Waals surface area contributed by atoms with Crippen molar-refractivity contribution in [2.24, 2.45) is 0 Å². The van der Waals surface area contributed by atoms with Crippen LogP contribution in [-0.4, -0.2) is 23.1 Å². The van der Waals surface area contributed by atoms with Gasteiger partial charge < -0.3 is 4.74 Å². The van der Waals surface area contributed by atoms with Gasteiger partial charge >= 0.3 is 6.09 Å². The number of carbonyl (C=O) groups excluding carboxylic acids is 1. The molecule has 148 valence electrons. The Morgan fingerprint density at radius 1 is 1.17 bits per heavy atom. The predicted octanol–water partition coefficient (Wildman–Crippen LogP) is 5.52. The van der Waals surface area contributed by atoms with E-state index in [9.17, 15) is 10.1 Å². The lowest BCUT2D eigenvalue weighted by atomic mass is 9.80. The van der Waals surface area contributed by atoms with Crippen molar-refractivity contribution < 1.29 is 9.53 Å². The molecule has 4 heteroatoms. The number of ether oxygens (including phenoxy) is 1. The van der Waals surface area contributed by atoms with Crippen LogP contribution < -0.4 is 0 Å². The molecule has 2 aliphatic heterocycles. The van der Waals surface area contributed by atoms with Gasteiger partial charge in [0.15, 0.2) is 0 Å². The standard InChI is InChI=1S/C25H26N2O2/c1-17-11-20(15-26)12-18(2)24(17)21-13-22-9-6-10-23(14-21)27(22)25(28)29-16-19-7-4-3-5-8-19/h3-5,7-8,11-13,22-23H,6,9-10,14,16H2,1-2H3. The topological polar surface area (TPSA) is 53.3 Å². The lowest BCUT2D eigenvalue weighted by Crippen LogP contribution is -2.51. The summed E-state index contributed by atoms with van der Waals surface area (Å²) in [6, 6.07) is 16.2. The largest absolute Gasteiger partial charge is 0.445 e. The van der Waals surface area contributed by atoms with Gasteiger partial charge in [0, 0.05) is 6.04 Å². The van der Waals surface area contributed by atoms with Gasteiger partial charge in [0.05, 0.1) is 17.7 Å². The van der Waals surface area contributed by atoms with Crippen molar-refractivity contribution in [2.75, 3.05) is 0 Å². The minimum atomic E-state index is -0.216. The van der Waals surface area contributed by atoms with Crippen LogP contribution in [0.25, 0.3) is 5.57 Å². The van der Waals surface area contributed by atoms with Crippen molar-refractivity contribution in [3.8, 4) is 6.07 Å². The highest BCUT2D eigenvalue weighted by Crippen LogP contribution is 2.39. The summed E-state index contributed by atoms with van der Waals surface area (Å²) < 4.78 is 5.64. The molecule has 2 atom stereocenters. The molecule has 0 aromatic heterocycles. The molecule has 0 saturated carbocycles. The molecule has 0 aliphatic carbocycles. The minimum absolute atomic E-state index is 0.0789. The van der Waals surface area contributed by atoms with Crippen LogP contribution in [0.1, 0.15) is 53.5 Å². The number of piperidine rings is 1. The van der Waals surface area contributed by atoms with E-state index < -0.39 is 0 Å². The van der Waals surface area contributed by atoms with Crippen molar-refractivity contribution in [1.29, 1.82) is 5.26 Å². The van der Waals surface area contributed by atoms with Gasteiger partial charge in [-0.05, 0) is 79.5 Å². The van der Waals surface area contributed by atoms with Gasteiger partial charge in [0.1, 0.15) is 6.61 Å². The average molecular weight is 386 g/mol. The fraction of sp³-hybridized carbons (Fsp3) is 0.360. The first-order valence-corrected chi connectivity index (χ1v) is 10.3. The smallest absolute Gasteiger partial charge is 0.410 e. The number of nitrogens with zero attached hydrogens (tertiary/aromatic N) is 2. The van der Waals surface area contributed by atoms with E-state index in [0.717, 1.165) is 42.4 Å². The van der Waals surface area contributed by atoms with E-state index in [2.05, 4.69) is 26.0 Å². The van der Waals surface area contributed by atoms with Crippen LogP contribution in [0.5, 0.6) is 0 Å². The summed E-state index contributed by atoms with van der Waals surface area (Å²) in [6.07, 6.45) is 5.97. The average Bonchev–Trinajstić information content (AvgIpc) is 2.71. The van der Waals surface area contributed by atoms with E-state index >= 15 is 0 Å². The lowest BCUT2D eigenvalue weighted by Gasteiger charge is -2.44. The van der Waals surface area contributed by atoms with Crippen LogP contribution in [0.2, 0.25) is 0 Å². The summed E-state index contributed by atoms with van der Waals surface area (Å²) in [7, 11) is 0. The molecule has 0 radical (unpaired) electrons. The summed E-state index contributed by atoms with van der Waals surface area (Å²) in [6.45, 7) is 4.45. The molecular formula is C25H26N2O2. The van der Waals surface area contributed by atoms with Crippen LogP contribution in [0.15, 0.2) is 48.5 Å². The second-order valence-corrected chi connectivity index (χ2v) is 8.09. The molecule has 1 saturated heterocycles. The zero-order valence-electron chi connectivity index (χ0n) is 17.0. The van der Waals surface area contributed by atoms with Gasteiger partial charge in [-0.3, -0.25) is 4.90 Å². The van der Waals surface area contributed by atoms with Crippen molar-refractivity contribution in [3.05, 3.63) is 76.4 Å². The van der Waals surface area contributed by atoms with E-state index in [1.54, 1.807) is 0 Å². The van der Waals surface area contributed by atoms with Crippen LogP contribution in [0, 0.1) is 25.2 Å². The van der Waals surface area contributed by atoms with Crippen LogP contribution in [0.3, 0.4) is 0 Å². The molecule has 0 spiro atoms. The zero-order chi connectivity index (χ0) is 20.4. The van der Waals surface area contributed by atoms with Gasteiger partial charge in [0.25, 0.3) is 0 Å². The molecule has 4 rings (SSSR count). The number of hydrogen-bond acceptors (Lipinski definition) is 3. The number of carbonyl (C=O) groups is 1. The van der Waals surface area contributed by atoms with Gasteiger partial charge in [-0.2, -0.15) is 5.26 Å². The monoisotopic (exact) mass is 386 g/mol. The number of rotatable bonds is 3. The van der Waals surface area contributed by atoms with E-state index in [0.29, 0.717) is 12.2 Å². The summed E-state index contributed by atoms with van der Waals surface area (Å²) in [5.74, 6) is 0. The van der Waals surface area contributed by atoms with Crippen molar-refractivity contribution >= 4 is 11.7 Å². The Balaban J connectivity index is 1.56. The first kappa shape index (κ1) is 19.3. The van der Waals surface area contributed by atoms with E-state index in [1.807, 2.05) is 47.4 Å². The van der Waals surface area contributed by atoms with Gasteiger partial charge in [-0.1, -0.05) is 36.4 Å². The second kappa shape index (κ2) is 8.13. The number of benzene rings is 2. The van der Waals surface area contributed by atoms with Crippen LogP contribution in [-0.2, 0) is 11.3 Å². The first-order valence-electron chi connectivity index (χ1n) is 10.3. The first-order chi connectivity index (χ1) is 14.1. The second-order valence-electron chi connectivity index (χ2n) is 8.09. The Morgan fingerprint density at radius 3 is 2.55 bits per heavy atom. The van der Waals surface area contributed by atoms with Gasteiger partial charge in [-0.15, -0.1) is 0 Å². The summed E-state index contributed by atoms with van der Waals surface area (Å²) in [5, 5.41) is 9.23. The molecular weight excluding hydrogens is 360 g/mol. The Labute approximate surface area is 172 Å². The Morgan fingerprint density at radius 2 is 1.90 bits per heavy atom. The molecule has 2 bridgehead atoms. The molecule has 2 aromatic carbocycles. The van der Waals surface area contributed by atoms with E-state index in [4.69, 9.17) is 4.74 Å². The Kier molecular flexibility index (Phi) is 5.40. The third kappa shape index (κ3) is 3.91. The normalized spacial score (nSPS) is 20.6. The Hall–Kier alpha value is -3.06. The molecule has 1 amide bonds. The summed E-state index contributed by atoms with van der Waals surface area (Å²) >= 11 is 0. The molecule has 0 N–H and O–H groups in total. The maximum Gasteiger partial charge on any atom is 0.410 e. The highest BCUT2D eigenvalue weighted by molar-refractivity contribution is 5.77. The third-order valence-corrected chi connectivity index (χ3v) is 6.04. The van der Waals surface area contributed by atoms with E-state index in [1.165, 1.54) is 11.1 Å². The van der Waals surface area contributed by atoms with Crippen molar-refractivity contribution in [2.45, 2.75) is 58.2 Å². The molecule has 2 unspecified atom stereocenters. The number of hydrogen-bond donors (Lipinski definition) is 0. The van der Waals surface area contributed by atoms with Crippen molar-refractivity contribution in [1.82, 2.24) is 4.90 Å². The molecule has 2 aromatic rings. The molecule has 4 nitrogen and oxygen atoms in total. The molecule has 29 heavy (non-hydrogen) atoms. The molecule has 2 heterocycles. The minimum Gasteiger partial charge on any atom is -0.445 e. The van der Waals surface area contributed by atoms with Crippen LogP contribution >= 0.6 is 0 Å². The summed E-state index contributed by atoms with van der Waals surface area (Å²) in [4.78, 5) is 14.8. The van der Waals surface area contributed by atoms with Gasteiger partial charge in [0.2, 0.25) is 0 Å². The number of amides is 1.